The lowest BCUT2D eigenvalue weighted by molar-refractivity contribution is 0.410. The number of nitrogens with one attached hydrogen (secondary N) is 1. The summed E-state index contributed by atoms with van der Waals surface area (Å²) in [6.07, 6.45) is 0.567. The van der Waals surface area contributed by atoms with Crippen LogP contribution in [0.25, 0.3) is 4.85 Å². The SMILES string of the molecule is [C-]#[N+][C@@H](C[C@H](NP(=O)(c1ccccc1)c1ccccc1)C(C)C)c1ccc(OC)cc1. The Morgan fingerprint density at radius 3 is 1.84 bits per heavy atom. The van der Waals surface area contributed by atoms with Gasteiger partial charge >= 0.3 is 0 Å². The van der Waals surface area contributed by atoms with Gasteiger partial charge in [-0.15, -0.1) is 0 Å². The lowest BCUT2D eigenvalue weighted by Gasteiger charge is -2.29. The molecule has 0 saturated carbocycles. The van der Waals surface area contributed by atoms with Crippen LogP contribution in [0.4, 0.5) is 0 Å². The van der Waals surface area contributed by atoms with E-state index in [0.717, 1.165) is 21.9 Å². The van der Waals surface area contributed by atoms with E-state index in [-0.39, 0.29) is 18.0 Å². The highest BCUT2D eigenvalue weighted by atomic mass is 31.2. The molecule has 0 amide bonds. The van der Waals surface area contributed by atoms with Crippen LogP contribution < -0.4 is 20.4 Å². The normalized spacial score (nSPS) is 13.4. The van der Waals surface area contributed by atoms with Gasteiger partial charge in [-0.25, -0.2) is 6.57 Å². The third-order valence-corrected chi connectivity index (χ3v) is 8.27. The topological polar surface area (TPSA) is 42.7 Å². The monoisotopic (exact) mass is 432 g/mol. The zero-order valence-electron chi connectivity index (χ0n) is 18.2. The van der Waals surface area contributed by atoms with Gasteiger partial charge < -0.3 is 9.58 Å². The van der Waals surface area contributed by atoms with Crippen molar-refractivity contribution in [3.8, 4) is 5.75 Å². The van der Waals surface area contributed by atoms with Crippen molar-refractivity contribution in [1.29, 1.82) is 0 Å². The van der Waals surface area contributed by atoms with Crippen molar-refractivity contribution in [2.24, 2.45) is 5.92 Å². The zero-order chi connectivity index (χ0) is 22.3. The highest BCUT2D eigenvalue weighted by Crippen LogP contribution is 2.41. The van der Waals surface area contributed by atoms with Crippen molar-refractivity contribution in [3.63, 3.8) is 0 Å². The largest absolute Gasteiger partial charge is 0.497 e. The van der Waals surface area contributed by atoms with Crippen molar-refractivity contribution in [1.82, 2.24) is 5.09 Å². The van der Waals surface area contributed by atoms with Gasteiger partial charge in [0, 0.05) is 28.6 Å². The summed E-state index contributed by atoms with van der Waals surface area (Å²) in [6, 6.07) is 26.4. The Balaban J connectivity index is 1.93. The van der Waals surface area contributed by atoms with Crippen LogP contribution in [-0.2, 0) is 4.57 Å². The maximum atomic E-state index is 14.4. The first-order chi connectivity index (χ1) is 15.0. The fourth-order valence-electron chi connectivity index (χ4n) is 3.61. The number of rotatable bonds is 9. The van der Waals surface area contributed by atoms with Crippen LogP contribution in [0.5, 0.6) is 5.75 Å². The summed E-state index contributed by atoms with van der Waals surface area (Å²) in [6.45, 7) is 12.0. The minimum absolute atomic E-state index is 0.104. The fourth-order valence-corrected chi connectivity index (χ4v) is 6.26. The van der Waals surface area contributed by atoms with Gasteiger partial charge in [-0.1, -0.05) is 50.2 Å². The van der Waals surface area contributed by atoms with Crippen LogP contribution >= 0.6 is 7.29 Å². The molecule has 4 nitrogen and oxygen atoms in total. The summed E-state index contributed by atoms with van der Waals surface area (Å²) in [4.78, 5) is 3.89. The molecule has 0 bridgehead atoms. The Hall–Kier alpha value is -2.86. The molecule has 3 rings (SSSR count). The Kier molecular flexibility index (Phi) is 7.69. The van der Waals surface area contributed by atoms with Crippen LogP contribution in [-0.4, -0.2) is 13.2 Å². The summed E-state index contributed by atoms with van der Waals surface area (Å²) in [5.74, 6) is 0.965. The molecule has 0 aromatic heterocycles. The molecule has 3 aromatic rings. The van der Waals surface area contributed by atoms with Gasteiger partial charge in [0.05, 0.1) is 7.11 Å². The summed E-state index contributed by atoms with van der Waals surface area (Å²) in [7, 11) is -1.45. The van der Waals surface area contributed by atoms with Gasteiger partial charge in [0.1, 0.15) is 5.75 Å². The predicted octanol–water partition coefficient (Wildman–Crippen LogP) is 5.59. The van der Waals surface area contributed by atoms with Crippen molar-refractivity contribution in [2.45, 2.75) is 32.4 Å². The van der Waals surface area contributed by atoms with E-state index in [1.807, 2.05) is 84.9 Å². The molecule has 0 heterocycles. The van der Waals surface area contributed by atoms with Crippen molar-refractivity contribution >= 4 is 17.9 Å². The molecule has 0 aliphatic carbocycles. The molecule has 0 aliphatic rings. The number of ether oxygens (including phenoxy) is 1. The molecular weight excluding hydrogens is 403 g/mol. The summed E-state index contributed by atoms with van der Waals surface area (Å²) >= 11 is 0. The number of benzene rings is 3. The van der Waals surface area contributed by atoms with Gasteiger partial charge in [0.25, 0.3) is 0 Å². The second-order valence-corrected chi connectivity index (χ2v) is 10.4. The van der Waals surface area contributed by atoms with E-state index in [1.54, 1.807) is 7.11 Å². The predicted molar refractivity (Wildman–Crippen MR) is 128 cm³/mol. The summed E-state index contributed by atoms with van der Waals surface area (Å²) < 4.78 is 19.7. The number of nitrogens with zero attached hydrogens (tertiary/aromatic N) is 1. The van der Waals surface area contributed by atoms with Gasteiger partial charge in [0.2, 0.25) is 13.3 Å². The molecule has 2 atom stereocenters. The highest BCUT2D eigenvalue weighted by Gasteiger charge is 2.34. The molecular formula is C26H29N2O2P. The van der Waals surface area contributed by atoms with Gasteiger partial charge in [0.15, 0.2) is 0 Å². The highest BCUT2D eigenvalue weighted by molar-refractivity contribution is 7.76. The van der Waals surface area contributed by atoms with E-state index in [0.29, 0.717) is 6.42 Å². The molecule has 0 saturated heterocycles. The molecule has 0 unspecified atom stereocenters. The Morgan fingerprint density at radius 2 is 1.42 bits per heavy atom. The van der Waals surface area contributed by atoms with E-state index in [4.69, 9.17) is 11.3 Å². The Morgan fingerprint density at radius 1 is 0.903 bits per heavy atom. The van der Waals surface area contributed by atoms with Crippen LogP contribution in [0.1, 0.15) is 31.9 Å². The third kappa shape index (κ3) is 5.44. The molecule has 0 spiro atoms. The molecule has 0 aliphatic heterocycles. The summed E-state index contributed by atoms with van der Waals surface area (Å²) in [5.41, 5.74) is 0.942. The molecule has 160 valence electrons. The Labute approximate surface area is 185 Å². The van der Waals surface area contributed by atoms with Crippen LogP contribution in [0, 0.1) is 12.5 Å². The minimum atomic E-state index is -3.08. The molecule has 0 fully saturated rings. The van der Waals surface area contributed by atoms with Crippen LogP contribution in [0.2, 0.25) is 0 Å². The molecule has 3 aromatic carbocycles. The van der Waals surface area contributed by atoms with Gasteiger partial charge in [-0.2, -0.15) is 0 Å². The molecule has 0 radical (unpaired) electrons. The van der Waals surface area contributed by atoms with Crippen molar-refractivity contribution in [3.05, 3.63) is 102 Å². The van der Waals surface area contributed by atoms with E-state index in [1.165, 1.54) is 0 Å². The quantitative estimate of drug-likeness (QED) is 0.354. The standard InChI is InChI=1S/C26H29N2O2P/c1-20(2)25(19-26(27-3)21-15-17-22(30-4)18-16-21)28-31(29,23-11-7-5-8-12-23)24-13-9-6-10-14-24/h5-18,20,25-26H,19H2,1-2,4H3,(H,28,29)/t25-,26-/m0/s1. The first-order valence-corrected chi connectivity index (χ1v) is 12.2. The Bertz CT molecular complexity index is 1000. The smallest absolute Gasteiger partial charge is 0.250 e. The minimum Gasteiger partial charge on any atom is -0.497 e. The van der Waals surface area contributed by atoms with Gasteiger partial charge in [-0.05, 0) is 54.4 Å². The molecule has 5 heteroatoms. The second-order valence-electron chi connectivity index (χ2n) is 7.91. The number of hydrogen-bond acceptors (Lipinski definition) is 2. The second kappa shape index (κ2) is 10.4. The first-order valence-electron chi connectivity index (χ1n) is 10.5. The number of methoxy groups -OCH3 is 1. The summed E-state index contributed by atoms with van der Waals surface area (Å²) in [5, 5.41) is 5.05. The van der Waals surface area contributed by atoms with Gasteiger partial charge in [-0.3, -0.25) is 9.65 Å². The maximum absolute atomic E-state index is 14.4. The first kappa shape index (κ1) is 22.8. The van der Waals surface area contributed by atoms with Crippen LogP contribution in [0.3, 0.4) is 0 Å². The lowest BCUT2D eigenvalue weighted by atomic mass is 9.94. The van der Waals surface area contributed by atoms with E-state index in [9.17, 15) is 4.57 Å². The number of hydrogen-bond donors (Lipinski definition) is 1. The average Bonchev–Trinajstić information content (AvgIpc) is 2.82. The maximum Gasteiger partial charge on any atom is 0.250 e. The van der Waals surface area contributed by atoms with E-state index >= 15 is 0 Å². The molecule has 31 heavy (non-hydrogen) atoms. The third-order valence-electron chi connectivity index (χ3n) is 5.53. The van der Waals surface area contributed by atoms with Crippen LogP contribution in [0.15, 0.2) is 84.9 Å². The average molecular weight is 433 g/mol. The molecule has 1 N–H and O–H groups in total. The van der Waals surface area contributed by atoms with E-state index in [2.05, 4.69) is 23.8 Å². The zero-order valence-corrected chi connectivity index (χ0v) is 19.1. The lowest BCUT2D eigenvalue weighted by Crippen LogP contribution is -2.39. The van der Waals surface area contributed by atoms with Crippen molar-refractivity contribution < 1.29 is 9.30 Å². The van der Waals surface area contributed by atoms with E-state index < -0.39 is 7.29 Å². The van der Waals surface area contributed by atoms with Crippen molar-refractivity contribution in [2.75, 3.05) is 7.11 Å². The fraction of sp³-hybridized carbons (Fsp3) is 0.269.